The minimum atomic E-state index is -3.10. The topological polar surface area (TPSA) is 72.5 Å². The highest BCUT2D eigenvalue weighted by molar-refractivity contribution is 7.91. The van der Waals surface area contributed by atoms with Crippen LogP contribution in [-0.4, -0.2) is 39.0 Å². The summed E-state index contributed by atoms with van der Waals surface area (Å²) >= 11 is 5.90. The quantitative estimate of drug-likeness (QED) is 0.815. The summed E-state index contributed by atoms with van der Waals surface area (Å²) < 4.78 is 27.8. The van der Waals surface area contributed by atoms with Crippen LogP contribution in [0, 0.1) is 0 Å². The maximum atomic E-state index is 11.6. The number of hydrogen-bond donors (Lipinski definition) is 1. The summed E-state index contributed by atoms with van der Waals surface area (Å²) in [7, 11) is -1.82. The average Bonchev–Trinajstić information content (AvgIpc) is 2.37. The summed E-state index contributed by atoms with van der Waals surface area (Å²) in [6, 6.07) is 4.34. The van der Waals surface area contributed by atoms with Crippen molar-refractivity contribution in [1.82, 2.24) is 0 Å². The van der Waals surface area contributed by atoms with E-state index in [4.69, 9.17) is 11.6 Å². The monoisotopic (exact) mass is 319 g/mol. The Balaban J connectivity index is 2.96. The van der Waals surface area contributed by atoms with Gasteiger partial charge in [-0.3, -0.25) is 0 Å². The number of carbonyl (C=O) groups excluding carboxylic acids is 1. The van der Waals surface area contributed by atoms with Crippen LogP contribution in [0.25, 0.3) is 0 Å². The number of nitrogens with one attached hydrogen (secondary N) is 1. The number of benzene rings is 1. The van der Waals surface area contributed by atoms with Crippen molar-refractivity contribution in [3.8, 4) is 0 Å². The summed E-state index contributed by atoms with van der Waals surface area (Å²) in [4.78, 5) is 11.6. The molecule has 7 heteroatoms. The van der Waals surface area contributed by atoms with Gasteiger partial charge in [0.1, 0.15) is 0 Å². The van der Waals surface area contributed by atoms with Crippen LogP contribution >= 0.6 is 11.6 Å². The van der Waals surface area contributed by atoms with Crippen molar-refractivity contribution in [2.24, 2.45) is 0 Å². The molecule has 0 aromatic heterocycles. The van der Waals surface area contributed by atoms with Gasteiger partial charge < -0.3 is 10.1 Å². The van der Waals surface area contributed by atoms with Crippen LogP contribution in [0.5, 0.6) is 0 Å². The fourth-order valence-electron chi connectivity index (χ4n) is 1.73. The van der Waals surface area contributed by atoms with Crippen molar-refractivity contribution < 1.29 is 17.9 Å². The first-order valence-electron chi connectivity index (χ1n) is 6.14. The van der Waals surface area contributed by atoms with Crippen LogP contribution in [0.1, 0.15) is 24.2 Å². The second-order valence-corrected chi connectivity index (χ2v) is 7.26. The van der Waals surface area contributed by atoms with E-state index in [1.165, 1.54) is 13.2 Å². The average molecular weight is 320 g/mol. The highest BCUT2D eigenvalue weighted by atomic mass is 35.5. The number of anilines is 1. The van der Waals surface area contributed by atoms with Crippen molar-refractivity contribution in [2.75, 3.05) is 23.9 Å². The second-order valence-electron chi connectivity index (χ2n) is 4.43. The smallest absolute Gasteiger partial charge is 0.339 e. The van der Waals surface area contributed by atoms with Crippen LogP contribution in [0.3, 0.4) is 0 Å². The predicted octanol–water partition coefficient (Wildman–Crippen LogP) is 2.36. The molecule has 0 fully saturated rings. The van der Waals surface area contributed by atoms with Crippen molar-refractivity contribution in [2.45, 2.75) is 19.9 Å². The molecule has 0 saturated heterocycles. The van der Waals surface area contributed by atoms with E-state index in [2.05, 4.69) is 10.1 Å². The molecule has 0 bridgehead atoms. The van der Waals surface area contributed by atoms with Crippen molar-refractivity contribution in [1.29, 1.82) is 0 Å². The molecule has 1 aromatic carbocycles. The Morgan fingerprint density at radius 2 is 2.10 bits per heavy atom. The minimum Gasteiger partial charge on any atom is -0.465 e. The number of esters is 1. The van der Waals surface area contributed by atoms with Crippen LogP contribution in [0.15, 0.2) is 18.2 Å². The molecule has 0 heterocycles. The van der Waals surface area contributed by atoms with E-state index in [1.54, 1.807) is 26.0 Å². The Labute approximate surface area is 124 Å². The van der Waals surface area contributed by atoms with Gasteiger partial charge in [-0.2, -0.15) is 0 Å². The molecule has 5 nitrogen and oxygen atoms in total. The van der Waals surface area contributed by atoms with E-state index in [0.29, 0.717) is 16.3 Å². The van der Waals surface area contributed by atoms with Crippen LogP contribution in [0.2, 0.25) is 5.02 Å². The molecule has 1 atom stereocenters. The molecule has 20 heavy (non-hydrogen) atoms. The summed E-state index contributed by atoms with van der Waals surface area (Å²) in [6.45, 7) is 3.33. The Hall–Kier alpha value is -1.27. The maximum Gasteiger partial charge on any atom is 0.339 e. The zero-order valence-electron chi connectivity index (χ0n) is 11.6. The first-order valence-corrected chi connectivity index (χ1v) is 8.33. The summed E-state index contributed by atoms with van der Waals surface area (Å²) in [5.74, 6) is -0.440. The third kappa shape index (κ3) is 4.68. The number of sulfone groups is 1. The lowest BCUT2D eigenvalue weighted by atomic mass is 10.1. The molecular weight excluding hydrogens is 302 g/mol. The Bertz CT molecular complexity index is 586. The van der Waals surface area contributed by atoms with Crippen molar-refractivity contribution >= 4 is 33.1 Å². The minimum absolute atomic E-state index is 0.0172. The standard InChI is InChI=1S/C13H18ClNO4S/c1-4-20(17,18)8-9(2)15-12-7-10(14)5-6-11(12)13(16)19-3/h5-7,9,15H,4,8H2,1-3H3. The van der Waals surface area contributed by atoms with Gasteiger partial charge in [-0.1, -0.05) is 18.5 Å². The van der Waals surface area contributed by atoms with Gasteiger partial charge in [-0.25, -0.2) is 13.2 Å². The molecule has 1 N–H and O–H groups in total. The first kappa shape index (κ1) is 16.8. The maximum absolute atomic E-state index is 11.6. The predicted molar refractivity (Wildman–Crippen MR) is 80.2 cm³/mol. The molecule has 1 aromatic rings. The SMILES string of the molecule is CCS(=O)(=O)CC(C)Nc1cc(Cl)ccc1C(=O)OC. The Kier molecular flexibility index (Phi) is 5.83. The van der Waals surface area contributed by atoms with E-state index >= 15 is 0 Å². The Morgan fingerprint density at radius 3 is 2.65 bits per heavy atom. The van der Waals surface area contributed by atoms with Crippen LogP contribution < -0.4 is 5.32 Å². The third-order valence-electron chi connectivity index (χ3n) is 2.73. The molecule has 0 saturated carbocycles. The summed E-state index contributed by atoms with van der Waals surface area (Å²) in [5.41, 5.74) is 0.779. The molecule has 0 aliphatic heterocycles. The first-order chi connectivity index (χ1) is 9.29. The lowest BCUT2D eigenvalue weighted by Gasteiger charge is -2.17. The zero-order valence-corrected chi connectivity index (χ0v) is 13.2. The van der Waals surface area contributed by atoms with Crippen molar-refractivity contribution in [3.05, 3.63) is 28.8 Å². The number of halogens is 1. The van der Waals surface area contributed by atoms with E-state index in [0.717, 1.165) is 0 Å². The second kappa shape index (κ2) is 6.95. The molecule has 0 amide bonds. The number of methoxy groups -OCH3 is 1. The van der Waals surface area contributed by atoms with Crippen LogP contribution in [-0.2, 0) is 14.6 Å². The zero-order chi connectivity index (χ0) is 15.3. The lowest BCUT2D eigenvalue weighted by Crippen LogP contribution is -2.27. The fourth-order valence-corrected chi connectivity index (χ4v) is 2.98. The molecule has 0 spiro atoms. The van der Waals surface area contributed by atoms with E-state index in [-0.39, 0.29) is 17.5 Å². The molecule has 0 aliphatic rings. The van der Waals surface area contributed by atoms with E-state index < -0.39 is 15.8 Å². The Morgan fingerprint density at radius 1 is 1.45 bits per heavy atom. The highest BCUT2D eigenvalue weighted by Crippen LogP contribution is 2.22. The van der Waals surface area contributed by atoms with Gasteiger partial charge in [-0.15, -0.1) is 0 Å². The fraction of sp³-hybridized carbons (Fsp3) is 0.462. The van der Waals surface area contributed by atoms with Gasteiger partial charge in [0.25, 0.3) is 0 Å². The lowest BCUT2D eigenvalue weighted by molar-refractivity contribution is 0.0602. The molecule has 1 rings (SSSR count). The molecule has 0 radical (unpaired) electrons. The van der Waals surface area contributed by atoms with Crippen molar-refractivity contribution in [3.63, 3.8) is 0 Å². The van der Waals surface area contributed by atoms with Gasteiger partial charge in [0, 0.05) is 16.8 Å². The van der Waals surface area contributed by atoms with Gasteiger partial charge in [0.2, 0.25) is 0 Å². The van der Waals surface area contributed by atoms with Crippen LogP contribution in [0.4, 0.5) is 5.69 Å². The van der Waals surface area contributed by atoms with Gasteiger partial charge >= 0.3 is 5.97 Å². The largest absolute Gasteiger partial charge is 0.465 e. The third-order valence-corrected chi connectivity index (χ3v) is 4.86. The summed E-state index contributed by atoms with van der Waals surface area (Å²) in [5, 5.41) is 3.44. The van der Waals surface area contributed by atoms with E-state index in [1.807, 2.05) is 0 Å². The molecule has 1 unspecified atom stereocenters. The summed E-state index contributed by atoms with van der Waals surface area (Å²) in [6.07, 6.45) is 0. The molecule has 0 aliphatic carbocycles. The van der Waals surface area contributed by atoms with Gasteiger partial charge in [0.05, 0.1) is 24.1 Å². The molecule has 112 valence electrons. The highest BCUT2D eigenvalue weighted by Gasteiger charge is 2.17. The number of rotatable bonds is 6. The number of ether oxygens (including phenoxy) is 1. The normalized spacial score (nSPS) is 12.8. The van der Waals surface area contributed by atoms with Gasteiger partial charge in [0.15, 0.2) is 9.84 Å². The van der Waals surface area contributed by atoms with E-state index in [9.17, 15) is 13.2 Å². The number of carbonyl (C=O) groups is 1. The van der Waals surface area contributed by atoms with Gasteiger partial charge in [-0.05, 0) is 25.1 Å². The number of hydrogen-bond acceptors (Lipinski definition) is 5. The molecular formula is C13H18ClNO4S.